The molecule has 1 N–H and O–H groups in total. The van der Waals surface area contributed by atoms with Gasteiger partial charge in [0.2, 0.25) is 0 Å². The van der Waals surface area contributed by atoms with Crippen LogP contribution in [0.5, 0.6) is 0 Å². The molecule has 2 rings (SSSR count). The largest absolute Gasteiger partial charge is 0.316 e. The minimum atomic E-state index is 0.0556. The molecule has 2 aliphatic heterocycles. The molecule has 0 aliphatic carbocycles. The van der Waals surface area contributed by atoms with E-state index < -0.39 is 0 Å². The molecule has 0 radical (unpaired) electrons. The van der Waals surface area contributed by atoms with E-state index >= 15 is 0 Å². The first-order chi connectivity index (χ1) is 6.84. The minimum Gasteiger partial charge on any atom is -0.316 e. The molecule has 2 nitrogen and oxygen atoms in total. The van der Waals surface area contributed by atoms with Crippen LogP contribution in [0.3, 0.4) is 0 Å². The van der Waals surface area contributed by atoms with E-state index in [1.165, 1.54) is 12.8 Å². The normalized spacial score (nSPS) is 30.1. The average Bonchev–Trinajstić information content (AvgIpc) is 2.19. The van der Waals surface area contributed by atoms with Crippen LogP contribution in [0.2, 0.25) is 0 Å². The van der Waals surface area contributed by atoms with Crippen LogP contribution in [0.25, 0.3) is 0 Å². The fraction of sp³-hybridized carbons (Fsp3) is 0.818. The van der Waals surface area contributed by atoms with E-state index in [4.69, 9.17) is 0 Å². The average molecular weight is 198 g/mol. The van der Waals surface area contributed by atoms with Gasteiger partial charge < -0.3 is 5.32 Å². The summed E-state index contributed by atoms with van der Waals surface area (Å²) in [4.78, 5) is 2.24. The molecule has 0 aromatic heterocycles. The summed E-state index contributed by atoms with van der Waals surface area (Å²) in [7, 11) is 0. The lowest BCUT2D eigenvalue weighted by Crippen LogP contribution is -2.40. The highest BCUT2D eigenvalue weighted by Crippen LogP contribution is 2.16. The molecule has 0 bridgehead atoms. The monoisotopic (exact) mass is 198 g/mol. The Bertz CT molecular complexity index is 209. The van der Waals surface area contributed by atoms with Crippen LogP contribution >= 0.6 is 0 Å². The molecule has 0 aromatic rings. The molecule has 80 valence electrons. The molecule has 1 fully saturated rings. The zero-order valence-electron chi connectivity index (χ0n) is 8.64. The molecule has 2 heterocycles. The van der Waals surface area contributed by atoms with Gasteiger partial charge in [-0.1, -0.05) is 6.08 Å². The minimum absolute atomic E-state index is 0.0556. The van der Waals surface area contributed by atoms with E-state index in [1.807, 2.05) is 0 Å². The Morgan fingerprint density at radius 2 is 2.50 bits per heavy atom. The van der Waals surface area contributed by atoms with Crippen LogP contribution in [0.4, 0.5) is 4.39 Å². The van der Waals surface area contributed by atoms with E-state index in [9.17, 15) is 4.39 Å². The predicted octanol–water partition coefficient (Wildman–Crippen LogP) is 1.55. The van der Waals surface area contributed by atoms with Gasteiger partial charge in [0.15, 0.2) is 0 Å². The highest BCUT2D eigenvalue weighted by atomic mass is 19.1. The van der Waals surface area contributed by atoms with Crippen molar-refractivity contribution in [3.8, 4) is 0 Å². The first kappa shape index (κ1) is 10.1. The topological polar surface area (TPSA) is 15.3 Å². The van der Waals surface area contributed by atoms with Gasteiger partial charge in [0, 0.05) is 19.6 Å². The molecule has 0 amide bonds. The molecule has 1 saturated heterocycles. The molecule has 1 unspecified atom stereocenters. The van der Waals surface area contributed by atoms with Crippen molar-refractivity contribution in [2.45, 2.75) is 19.3 Å². The van der Waals surface area contributed by atoms with Gasteiger partial charge in [-0.15, -0.1) is 0 Å². The molecule has 14 heavy (non-hydrogen) atoms. The Labute approximate surface area is 85.2 Å². The zero-order chi connectivity index (χ0) is 9.80. The number of halogens is 1. The number of nitrogens with one attached hydrogen (secondary N) is 1. The lowest BCUT2D eigenvalue weighted by atomic mass is 9.98. The highest BCUT2D eigenvalue weighted by molar-refractivity contribution is 4.99. The van der Waals surface area contributed by atoms with Crippen molar-refractivity contribution in [3.63, 3.8) is 0 Å². The van der Waals surface area contributed by atoms with E-state index in [0.29, 0.717) is 6.54 Å². The van der Waals surface area contributed by atoms with Gasteiger partial charge in [-0.2, -0.15) is 0 Å². The molecular formula is C11H19FN2. The fourth-order valence-electron chi connectivity index (χ4n) is 2.36. The van der Waals surface area contributed by atoms with Crippen molar-refractivity contribution in [3.05, 3.63) is 11.9 Å². The van der Waals surface area contributed by atoms with E-state index in [2.05, 4.69) is 10.2 Å². The van der Waals surface area contributed by atoms with Gasteiger partial charge in [-0.3, -0.25) is 4.90 Å². The molecular weight excluding hydrogens is 179 g/mol. The van der Waals surface area contributed by atoms with Crippen LogP contribution in [0.1, 0.15) is 19.3 Å². The molecule has 0 aromatic carbocycles. The highest BCUT2D eigenvalue weighted by Gasteiger charge is 2.19. The Morgan fingerprint density at radius 3 is 3.21 bits per heavy atom. The van der Waals surface area contributed by atoms with Crippen molar-refractivity contribution in [2.24, 2.45) is 5.92 Å². The number of nitrogens with zero attached hydrogens (tertiary/aromatic N) is 1. The van der Waals surface area contributed by atoms with Crippen molar-refractivity contribution in [1.82, 2.24) is 10.2 Å². The summed E-state index contributed by atoms with van der Waals surface area (Å²) in [5.41, 5.74) is 0. The molecule has 0 spiro atoms. The maximum atomic E-state index is 13.0. The van der Waals surface area contributed by atoms with Gasteiger partial charge in [0.1, 0.15) is 5.83 Å². The maximum Gasteiger partial charge on any atom is 0.110 e. The molecule has 0 saturated carbocycles. The van der Waals surface area contributed by atoms with Crippen LogP contribution in [-0.4, -0.2) is 37.6 Å². The van der Waals surface area contributed by atoms with E-state index in [-0.39, 0.29) is 5.83 Å². The van der Waals surface area contributed by atoms with Crippen molar-refractivity contribution >= 4 is 0 Å². The SMILES string of the molecule is FC1=CCCN(CC2CCCNC2)C1. The smallest absolute Gasteiger partial charge is 0.110 e. The summed E-state index contributed by atoms with van der Waals surface area (Å²) in [5.74, 6) is 0.787. The van der Waals surface area contributed by atoms with E-state index in [0.717, 1.165) is 38.5 Å². The lowest BCUT2D eigenvalue weighted by Gasteiger charge is -2.31. The zero-order valence-corrected chi connectivity index (χ0v) is 8.64. The predicted molar refractivity (Wildman–Crippen MR) is 55.8 cm³/mol. The third-order valence-electron chi connectivity index (χ3n) is 3.10. The number of rotatable bonds is 2. The second-order valence-electron chi connectivity index (χ2n) is 4.39. The summed E-state index contributed by atoms with van der Waals surface area (Å²) in [6.07, 6.45) is 5.17. The number of hydrogen-bond donors (Lipinski definition) is 1. The Kier molecular flexibility index (Phi) is 3.54. The third-order valence-corrected chi connectivity index (χ3v) is 3.10. The third kappa shape index (κ3) is 2.79. The van der Waals surface area contributed by atoms with Gasteiger partial charge in [-0.05, 0) is 38.3 Å². The van der Waals surface area contributed by atoms with Crippen LogP contribution in [-0.2, 0) is 0 Å². The van der Waals surface area contributed by atoms with Gasteiger partial charge in [0.05, 0.1) is 0 Å². The summed E-state index contributed by atoms with van der Waals surface area (Å²) in [6, 6.07) is 0. The van der Waals surface area contributed by atoms with Crippen LogP contribution in [0.15, 0.2) is 11.9 Å². The first-order valence-corrected chi connectivity index (χ1v) is 5.62. The van der Waals surface area contributed by atoms with E-state index in [1.54, 1.807) is 6.08 Å². The first-order valence-electron chi connectivity index (χ1n) is 5.62. The fourth-order valence-corrected chi connectivity index (χ4v) is 2.36. The standard InChI is InChI=1S/C11H19FN2/c12-11-4-2-6-14(9-11)8-10-3-1-5-13-7-10/h4,10,13H,1-3,5-9H2. The summed E-state index contributed by atoms with van der Waals surface area (Å²) >= 11 is 0. The second kappa shape index (κ2) is 4.89. The van der Waals surface area contributed by atoms with Crippen molar-refractivity contribution < 1.29 is 4.39 Å². The summed E-state index contributed by atoms with van der Waals surface area (Å²) in [6.45, 7) is 4.90. The molecule has 2 aliphatic rings. The van der Waals surface area contributed by atoms with Crippen molar-refractivity contribution in [2.75, 3.05) is 32.7 Å². The summed E-state index contributed by atoms with van der Waals surface area (Å²) in [5, 5.41) is 3.40. The maximum absolute atomic E-state index is 13.0. The lowest BCUT2D eigenvalue weighted by molar-refractivity contribution is 0.206. The van der Waals surface area contributed by atoms with Crippen LogP contribution < -0.4 is 5.32 Å². The molecule has 1 atom stereocenters. The van der Waals surface area contributed by atoms with Gasteiger partial charge in [0.25, 0.3) is 0 Å². The Balaban J connectivity index is 1.76. The Hall–Kier alpha value is -0.410. The quantitative estimate of drug-likeness (QED) is 0.724. The second-order valence-corrected chi connectivity index (χ2v) is 4.39. The van der Waals surface area contributed by atoms with Gasteiger partial charge >= 0.3 is 0 Å². The summed E-state index contributed by atoms with van der Waals surface area (Å²) < 4.78 is 13.0. The number of piperidine rings is 1. The molecule has 3 heteroatoms. The number of hydrogen-bond acceptors (Lipinski definition) is 2. The Morgan fingerprint density at radius 1 is 1.57 bits per heavy atom. The van der Waals surface area contributed by atoms with Gasteiger partial charge in [-0.25, -0.2) is 4.39 Å². The van der Waals surface area contributed by atoms with Crippen molar-refractivity contribution in [1.29, 1.82) is 0 Å². The van der Waals surface area contributed by atoms with Crippen LogP contribution in [0, 0.1) is 5.92 Å².